The molecule has 2 aromatic rings. The second-order valence-corrected chi connectivity index (χ2v) is 8.86. The van der Waals surface area contributed by atoms with Gasteiger partial charge in [0.25, 0.3) is 5.56 Å². The maximum absolute atomic E-state index is 13.2. The molecule has 0 bridgehead atoms. The third-order valence-electron chi connectivity index (χ3n) is 5.02. The first-order chi connectivity index (χ1) is 12.3. The van der Waals surface area contributed by atoms with Gasteiger partial charge in [0.15, 0.2) is 5.16 Å². The first-order valence-corrected chi connectivity index (χ1v) is 11.0. The zero-order chi connectivity index (χ0) is 17.2. The predicted octanol–water partition coefficient (Wildman–Crippen LogP) is 4.18. The van der Waals surface area contributed by atoms with Crippen LogP contribution in [0, 0.1) is 0 Å². The van der Waals surface area contributed by atoms with Gasteiger partial charge in [-0.05, 0) is 44.1 Å². The zero-order valence-electron chi connectivity index (χ0n) is 14.5. The molecule has 2 aromatic heterocycles. The lowest BCUT2D eigenvalue weighted by atomic mass is 10.1. The summed E-state index contributed by atoms with van der Waals surface area (Å²) in [6.07, 6.45) is 10.1. The molecule has 0 N–H and O–H groups in total. The van der Waals surface area contributed by atoms with Gasteiger partial charge in [-0.1, -0.05) is 24.3 Å². The largest absolute Gasteiger partial charge is 0.377 e. The van der Waals surface area contributed by atoms with Crippen molar-refractivity contribution < 1.29 is 4.74 Å². The van der Waals surface area contributed by atoms with Crippen molar-refractivity contribution in [2.45, 2.75) is 62.8 Å². The number of allylic oxidation sites excluding steroid dienone is 1. The summed E-state index contributed by atoms with van der Waals surface area (Å²) in [5, 5.41) is 1.68. The summed E-state index contributed by atoms with van der Waals surface area (Å²) in [5.41, 5.74) is 1.38. The van der Waals surface area contributed by atoms with E-state index in [4.69, 9.17) is 9.72 Å². The van der Waals surface area contributed by atoms with Gasteiger partial charge in [-0.25, -0.2) is 4.98 Å². The van der Waals surface area contributed by atoms with Crippen LogP contribution in [0.1, 0.15) is 42.5 Å². The van der Waals surface area contributed by atoms with Crippen LogP contribution in [0.15, 0.2) is 22.6 Å². The van der Waals surface area contributed by atoms with E-state index in [1.54, 1.807) is 33.7 Å². The number of aromatic nitrogens is 2. The van der Waals surface area contributed by atoms with Crippen molar-refractivity contribution in [1.82, 2.24) is 9.55 Å². The zero-order valence-corrected chi connectivity index (χ0v) is 16.1. The number of fused-ring (bicyclic) bond motifs is 3. The highest BCUT2D eigenvalue weighted by Gasteiger charge is 2.22. The van der Waals surface area contributed by atoms with Gasteiger partial charge in [0.1, 0.15) is 4.83 Å². The van der Waals surface area contributed by atoms with Gasteiger partial charge in [-0.3, -0.25) is 9.36 Å². The molecular weight excluding hydrogens is 352 g/mol. The topological polar surface area (TPSA) is 44.1 Å². The van der Waals surface area contributed by atoms with E-state index in [2.05, 4.69) is 6.58 Å². The quantitative estimate of drug-likeness (QED) is 0.340. The Balaban J connectivity index is 1.75. The maximum Gasteiger partial charge on any atom is 0.263 e. The van der Waals surface area contributed by atoms with Crippen molar-refractivity contribution in [2.75, 3.05) is 12.4 Å². The molecular formula is C19H24N2O2S2. The molecule has 4 nitrogen and oxygen atoms in total. The number of aryl methyl sites for hydroxylation is 2. The van der Waals surface area contributed by atoms with Crippen molar-refractivity contribution in [3.8, 4) is 0 Å². The molecule has 0 saturated carbocycles. The van der Waals surface area contributed by atoms with E-state index in [-0.39, 0.29) is 11.7 Å². The number of rotatable bonds is 5. The van der Waals surface area contributed by atoms with Gasteiger partial charge in [-0.15, -0.1) is 17.9 Å². The summed E-state index contributed by atoms with van der Waals surface area (Å²) < 4.78 is 7.52. The van der Waals surface area contributed by atoms with Crippen molar-refractivity contribution in [1.29, 1.82) is 0 Å². The van der Waals surface area contributed by atoms with Crippen LogP contribution in [-0.4, -0.2) is 28.0 Å². The molecule has 0 radical (unpaired) electrons. The first kappa shape index (κ1) is 17.3. The maximum atomic E-state index is 13.2. The SMILES string of the molecule is C=CCn1c(SC[C@H]2CCCO2)nc2sc3c(c2c1=O)CCCCC3. The number of ether oxygens (including phenoxy) is 1. The van der Waals surface area contributed by atoms with Gasteiger partial charge in [-0.2, -0.15) is 0 Å². The average molecular weight is 377 g/mol. The van der Waals surface area contributed by atoms with E-state index < -0.39 is 0 Å². The molecule has 2 aliphatic rings. The molecule has 3 heterocycles. The summed E-state index contributed by atoms with van der Waals surface area (Å²) in [5.74, 6) is 0.861. The Labute approximate surface area is 156 Å². The lowest BCUT2D eigenvalue weighted by Gasteiger charge is -2.13. The predicted molar refractivity (Wildman–Crippen MR) is 105 cm³/mol. The van der Waals surface area contributed by atoms with Crippen LogP contribution in [-0.2, 0) is 24.1 Å². The molecule has 6 heteroatoms. The van der Waals surface area contributed by atoms with Crippen LogP contribution in [0.25, 0.3) is 10.2 Å². The van der Waals surface area contributed by atoms with Crippen molar-refractivity contribution in [2.24, 2.45) is 0 Å². The van der Waals surface area contributed by atoms with Gasteiger partial charge in [0, 0.05) is 23.8 Å². The standard InChI is InChI=1S/C19H24N2O2S2/c1-2-10-21-18(22)16-14-8-4-3-5-9-15(14)25-17(16)20-19(21)24-12-13-7-6-11-23-13/h2,13H,1,3-12H2/t13-/m1/s1. The lowest BCUT2D eigenvalue weighted by Crippen LogP contribution is -2.23. The minimum atomic E-state index is 0.110. The molecule has 0 aromatic carbocycles. The molecule has 1 aliphatic heterocycles. The second-order valence-electron chi connectivity index (χ2n) is 6.79. The summed E-state index contributed by atoms with van der Waals surface area (Å²) in [6, 6.07) is 0. The van der Waals surface area contributed by atoms with E-state index in [1.807, 2.05) is 0 Å². The minimum Gasteiger partial charge on any atom is -0.377 e. The molecule has 1 atom stereocenters. The lowest BCUT2D eigenvalue weighted by molar-refractivity contribution is 0.129. The van der Waals surface area contributed by atoms with E-state index in [0.717, 1.165) is 53.4 Å². The van der Waals surface area contributed by atoms with Gasteiger partial charge in [0.05, 0.1) is 11.5 Å². The normalized spacial score (nSPS) is 20.6. The Morgan fingerprint density at radius 2 is 2.20 bits per heavy atom. The van der Waals surface area contributed by atoms with Crippen LogP contribution in [0.4, 0.5) is 0 Å². The fourth-order valence-corrected chi connectivity index (χ4v) is 6.12. The molecule has 0 spiro atoms. The number of thiophene rings is 1. The van der Waals surface area contributed by atoms with E-state index in [9.17, 15) is 4.79 Å². The summed E-state index contributed by atoms with van der Waals surface area (Å²) in [4.78, 5) is 20.4. The van der Waals surface area contributed by atoms with Crippen LogP contribution < -0.4 is 5.56 Å². The molecule has 0 unspecified atom stereocenters. The van der Waals surface area contributed by atoms with Crippen LogP contribution >= 0.6 is 23.1 Å². The second kappa shape index (κ2) is 7.64. The van der Waals surface area contributed by atoms with Gasteiger partial charge >= 0.3 is 0 Å². The Bertz CT molecular complexity index is 834. The molecule has 134 valence electrons. The third kappa shape index (κ3) is 3.44. The highest BCUT2D eigenvalue weighted by Crippen LogP contribution is 2.34. The van der Waals surface area contributed by atoms with E-state index in [0.29, 0.717) is 6.54 Å². The minimum absolute atomic E-state index is 0.110. The van der Waals surface area contributed by atoms with Crippen molar-refractivity contribution in [3.63, 3.8) is 0 Å². The third-order valence-corrected chi connectivity index (χ3v) is 7.32. The number of nitrogens with zero attached hydrogens (tertiary/aromatic N) is 2. The van der Waals surface area contributed by atoms with Crippen LogP contribution in [0.5, 0.6) is 0 Å². The summed E-state index contributed by atoms with van der Waals surface area (Å²) in [7, 11) is 0. The first-order valence-electron chi connectivity index (χ1n) is 9.18. The Morgan fingerprint density at radius 1 is 1.32 bits per heavy atom. The smallest absolute Gasteiger partial charge is 0.263 e. The highest BCUT2D eigenvalue weighted by molar-refractivity contribution is 7.99. The molecule has 1 saturated heterocycles. The van der Waals surface area contributed by atoms with Gasteiger partial charge < -0.3 is 4.74 Å². The number of hydrogen-bond donors (Lipinski definition) is 0. The van der Waals surface area contributed by atoms with E-state index in [1.165, 1.54) is 29.7 Å². The Hall–Kier alpha value is -1.11. The fraction of sp³-hybridized carbons (Fsp3) is 0.579. The van der Waals surface area contributed by atoms with Crippen molar-refractivity contribution >= 4 is 33.3 Å². The Kier molecular flexibility index (Phi) is 5.29. The molecule has 1 fully saturated rings. The molecule has 4 rings (SSSR count). The average Bonchev–Trinajstić information content (AvgIpc) is 3.18. The molecule has 25 heavy (non-hydrogen) atoms. The number of thioether (sulfide) groups is 1. The monoisotopic (exact) mass is 376 g/mol. The fourth-order valence-electron chi connectivity index (χ4n) is 3.74. The van der Waals surface area contributed by atoms with Crippen LogP contribution in [0.2, 0.25) is 0 Å². The summed E-state index contributed by atoms with van der Waals surface area (Å²) >= 11 is 3.38. The van der Waals surface area contributed by atoms with E-state index >= 15 is 0 Å². The van der Waals surface area contributed by atoms with Gasteiger partial charge in [0.2, 0.25) is 0 Å². The highest BCUT2D eigenvalue weighted by atomic mass is 32.2. The molecule has 1 aliphatic carbocycles. The summed E-state index contributed by atoms with van der Waals surface area (Å²) in [6.45, 7) is 5.20. The molecule has 0 amide bonds. The number of hydrogen-bond acceptors (Lipinski definition) is 5. The van der Waals surface area contributed by atoms with Crippen molar-refractivity contribution in [3.05, 3.63) is 33.4 Å². The van der Waals surface area contributed by atoms with Crippen LogP contribution in [0.3, 0.4) is 0 Å². The Morgan fingerprint density at radius 3 is 3.00 bits per heavy atom.